The number of halogens is 2. The number of ketones is 1. The van der Waals surface area contributed by atoms with Crippen molar-refractivity contribution in [1.82, 2.24) is 10.7 Å². The van der Waals surface area contributed by atoms with Gasteiger partial charge in [0, 0.05) is 22.8 Å². The SMILES string of the molecule is CCC1(C)NCC(=C(C)NNc2ccc(Cl)cc2Cl)C1C(=O)C=O. The molecule has 130 valence electrons. The van der Waals surface area contributed by atoms with Crippen molar-refractivity contribution in [2.45, 2.75) is 32.7 Å². The summed E-state index contributed by atoms with van der Waals surface area (Å²) in [6, 6.07) is 5.12. The summed E-state index contributed by atoms with van der Waals surface area (Å²) in [7, 11) is 0. The van der Waals surface area contributed by atoms with Crippen molar-refractivity contribution in [1.29, 1.82) is 0 Å². The van der Waals surface area contributed by atoms with Crippen LogP contribution in [0.1, 0.15) is 27.2 Å². The molecule has 1 aromatic carbocycles. The molecule has 2 unspecified atom stereocenters. The molecule has 1 fully saturated rings. The van der Waals surface area contributed by atoms with Gasteiger partial charge in [0.25, 0.3) is 0 Å². The molecule has 5 nitrogen and oxygen atoms in total. The molecule has 1 heterocycles. The van der Waals surface area contributed by atoms with Crippen molar-refractivity contribution in [3.05, 3.63) is 39.5 Å². The van der Waals surface area contributed by atoms with Crippen LogP contribution in [-0.2, 0) is 9.59 Å². The highest BCUT2D eigenvalue weighted by atomic mass is 35.5. The molecule has 0 bridgehead atoms. The molecule has 0 spiro atoms. The number of nitrogens with one attached hydrogen (secondary N) is 3. The lowest BCUT2D eigenvalue weighted by Gasteiger charge is -2.29. The minimum absolute atomic E-state index is 0.405. The lowest BCUT2D eigenvalue weighted by Crippen LogP contribution is -2.44. The average Bonchev–Trinajstić information content (AvgIpc) is 2.91. The van der Waals surface area contributed by atoms with Crippen LogP contribution >= 0.6 is 23.2 Å². The van der Waals surface area contributed by atoms with Crippen LogP contribution in [0.25, 0.3) is 0 Å². The van der Waals surface area contributed by atoms with Crippen molar-refractivity contribution in [2.24, 2.45) is 5.92 Å². The summed E-state index contributed by atoms with van der Waals surface area (Å²) in [6.45, 7) is 6.36. The summed E-state index contributed by atoms with van der Waals surface area (Å²) in [5.74, 6) is -0.889. The zero-order chi connectivity index (χ0) is 17.9. The zero-order valence-electron chi connectivity index (χ0n) is 13.9. The number of rotatable bonds is 6. The zero-order valence-corrected chi connectivity index (χ0v) is 15.4. The van der Waals surface area contributed by atoms with Crippen molar-refractivity contribution >= 4 is 41.0 Å². The van der Waals surface area contributed by atoms with E-state index in [4.69, 9.17) is 23.2 Å². The molecule has 1 saturated heterocycles. The van der Waals surface area contributed by atoms with Crippen LogP contribution in [0.2, 0.25) is 10.0 Å². The van der Waals surface area contributed by atoms with Crippen LogP contribution in [-0.4, -0.2) is 24.2 Å². The van der Waals surface area contributed by atoms with Gasteiger partial charge in [-0.25, -0.2) is 0 Å². The van der Waals surface area contributed by atoms with Crippen molar-refractivity contribution in [3.8, 4) is 0 Å². The highest BCUT2D eigenvalue weighted by Crippen LogP contribution is 2.35. The van der Waals surface area contributed by atoms with Crippen LogP contribution < -0.4 is 16.2 Å². The van der Waals surface area contributed by atoms with E-state index in [1.165, 1.54) is 0 Å². The molecule has 1 aliphatic heterocycles. The van der Waals surface area contributed by atoms with Crippen LogP contribution in [0, 0.1) is 5.92 Å². The highest BCUT2D eigenvalue weighted by molar-refractivity contribution is 6.36. The van der Waals surface area contributed by atoms with Gasteiger partial charge in [0.05, 0.1) is 16.6 Å². The molecule has 2 rings (SSSR count). The molecule has 0 saturated carbocycles. The first kappa shape index (κ1) is 18.8. The summed E-state index contributed by atoms with van der Waals surface area (Å²) in [5, 5.41) is 4.38. The molecule has 7 heteroatoms. The van der Waals surface area contributed by atoms with Gasteiger partial charge in [0.1, 0.15) is 0 Å². The average molecular weight is 370 g/mol. The predicted molar refractivity (Wildman–Crippen MR) is 97.2 cm³/mol. The Labute approximate surface area is 151 Å². The van der Waals surface area contributed by atoms with E-state index in [0.717, 1.165) is 17.7 Å². The number of allylic oxidation sites excluding steroid dienone is 1. The Morgan fingerprint density at radius 1 is 1.46 bits per heavy atom. The van der Waals surface area contributed by atoms with Gasteiger partial charge in [0.15, 0.2) is 6.29 Å². The van der Waals surface area contributed by atoms with Gasteiger partial charge in [-0.15, -0.1) is 0 Å². The third-order valence-corrected chi connectivity index (χ3v) is 5.15. The second-order valence-corrected chi connectivity index (χ2v) is 6.95. The molecule has 1 aromatic rings. The van der Waals surface area contributed by atoms with Crippen LogP contribution in [0.3, 0.4) is 0 Å². The van der Waals surface area contributed by atoms with E-state index in [1.807, 2.05) is 20.8 Å². The number of Topliss-reactive ketones (excluding diaryl/α,β-unsaturated/α-hetero) is 1. The molecule has 0 aliphatic carbocycles. The maximum Gasteiger partial charge on any atom is 0.204 e. The number of aldehydes is 1. The summed E-state index contributed by atoms with van der Waals surface area (Å²) >= 11 is 12.0. The number of hydrazine groups is 1. The number of carbonyl (C=O) groups excluding carboxylic acids is 2. The number of hydrogen-bond acceptors (Lipinski definition) is 5. The Kier molecular flexibility index (Phi) is 5.91. The molecule has 1 aliphatic rings. The number of carbonyl (C=O) groups is 2. The van der Waals surface area contributed by atoms with Crippen LogP contribution in [0.5, 0.6) is 0 Å². The lowest BCUT2D eigenvalue weighted by atomic mass is 9.79. The fraction of sp³-hybridized carbons (Fsp3) is 0.412. The van der Waals surface area contributed by atoms with Gasteiger partial charge in [-0.3, -0.25) is 15.0 Å². The predicted octanol–water partition coefficient (Wildman–Crippen LogP) is 3.34. The fourth-order valence-corrected chi connectivity index (χ4v) is 3.41. The van der Waals surface area contributed by atoms with Gasteiger partial charge in [-0.2, -0.15) is 0 Å². The minimum atomic E-state index is -0.477. The third-order valence-electron chi connectivity index (χ3n) is 4.60. The van der Waals surface area contributed by atoms with E-state index in [-0.39, 0.29) is 0 Å². The Morgan fingerprint density at radius 2 is 2.17 bits per heavy atom. The molecule has 3 N–H and O–H groups in total. The minimum Gasteiger partial charge on any atom is -0.307 e. The standard InChI is InChI=1S/C17H21Cl2N3O2/c1-4-17(3)16(15(24)9-23)12(8-20-17)10(2)21-22-14-6-5-11(18)7-13(14)19/h5-7,9,16,20-22H,4,8H2,1-3H3. The molecular weight excluding hydrogens is 349 g/mol. The topological polar surface area (TPSA) is 70.2 Å². The maximum atomic E-state index is 12.1. The molecule has 0 aromatic heterocycles. The molecule has 24 heavy (non-hydrogen) atoms. The number of hydrogen-bond donors (Lipinski definition) is 3. The third kappa shape index (κ3) is 3.74. The van der Waals surface area contributed by atoms with E-state index in [1.54, 1.807) is 18.2 Å². The maximum absolute atomic E-state index is 12.1. The Bertz CT molecular complexity index is 690. The first-order chi connectivity index (χ1) is 11.3. The molecule has 2 atom stereocenters. The Balaban J connectivity index is 2.23. The Morgan fingerprint density at radius 3 is 2.75 bits per heavy atom. The summed E-state index contributed by atoms with van der Waals surface area (Å²) in [6.07, 6.45) is 1.15. The van der Waals surface area contributed by atoms with Crippen molar-refractivity contribution in [2.75, 3.05) is 12.0 Å². The van der Waals surface area contributed by atoms with E-state index < -0.39 is 17.2 Å². The highest BCUT2D eigenvalue weighted by Gasteiger charge is 2.45. The first-order valence-electron chi connectivity index (χ1n) is 7.73. The first-order valence-corrected chi connectivity index (χ1v) is 8.48. The van der Waals surface area contributed by atoms with Gasteiger partial charge in [-0.05, 0) is 44.0 Å². The van der Waals surface area contributed by atoms with E-state index >= 15 is 0 Å². The fourth-order valence-electron chi connectivity index (χ4n) is 2.95. The van der Waals surface area contributed by atoms with Gasteiger partial charge in [0.2, 0.25) is 5.78 Å². The lowest BCUT2D eigenvalue weighted by molar-refractivity contribution is -0.132. The second-order valence-electron chi connectivity index (χ2n) is 6.10. The largest absolute Gasteiger partial charge is 0.307 e. The summed E-state index contributed by atoms with van der Waals surface area (Å²) in [5.41, 5.74) is 7.98. The van der Waals surface area contributed by atoms with E-state index in [0.29, 0.717) is 28.6 Å². The van der Waals surface area contributed by atoms with Crippen molar-refractivity contribution < 1.29 is 9.59 Å². The van der Waals surface area contributed by atoms with E-state index in [2.05, 4.69) is 16.2 Å². The molecule has 0 amide bonds. The monoisotopic (exact) mass is 369 g/mol. The second kappa shape index (κ2) is 7.55. The summed E-state index contributed by atoms with van der Waals surface area (Å²) < 4.78 is 0. The normalized spacial score (nSPS) is 25.3. The van der Waals surface area contributed by atoms with E-state index in [9.17, 15) is 9.59 Å². The number of benzene rings is 1. The molecule has 0 radical (unpaired) electrons. The Hall–Kier alpha value is -1.56. The van der Waals surface area contributed by atoms with Gasteiger partial charge in [-0.1, -0.05) is 30.1 Å². The number of anilines is 1. The molecular formula is C17H21Cl2N3O2. The van der Waals surface area contributed by atoms with Gasteiger partial charge < -0.3 is 10.7 Å². The van der Waals surface area contributed by atoms with Crippen molar-refractivity contribution in [3.63, 3.8) is 0 Å². The van der Waals surface area contributed by atoms with Gasteiger partial charge >= 0.3 is 0 Å². The summed E-state index contributed by atoms with van der Waals surface area (Å²) in [4.78, 5) is 23.2. The van der Waals surface area contributed by atoms with Crippen LogP contribution in [0.15, 0.2) is 29.5 Å². The smallest absolute Gasteiger partial charge is 0.204 e. The van der Waals surface area contributed by atoms with Crippen LogP contribution in [0.4, 0.5) is 5.69 Å². The quantitative estimate of drug-likeness (QED) is 0.407.